The summed E-state index contributed by atoms with van der Waals surface area (Å²) in [5.74, 6) is -0.0638. The molecule has 6 heteroatoms. The van der Waals surface area contributed by atoms with E-state index in [0.717, 1.165) is 32.6 Å². The number of carbonyl (C=O) groups excluding carboxylic acids is 1. The van der Waals surface area contributed by atoms with Gasteiger partial charge < -0.3 is 10.6 Å². The normalized spacial score (nSPS) is 16.9. The highest BCUT2D eigenvalue weighted by atomic mass is 35.5. The molecule has 1 amide bonds. The Kier molecular flexibility index (Phi) is 5.45. The summed E-state index contributed by atoms with van der Waals surface area (Å²) < 4.78 is 0. The molecule has 0 spiro atoms. The van der Waals surface area contributed by atoms with Gasteiger partial charge >= 0.3 is 0 Å². The summed E-state index contributed by atoms with van der Waals surface area (Å²) in [5.41, 5.74) is 0.562. The monoisotopic (exact) mass is 301 g/mol. The van der Waals surface area contributed by atoms with Gasteiger partial charge in [0.1, 0.15) is 0 Å². The van der Waals surface area contributed by atoms with Gasteiger partial charge in [-0.05, 0) is 37.7 Å². The van der Waals surface area contributed by atoms with E-state index >= 15 is 0 Å². The zero-order chi connectivity index (χ0) is 13.7. The van der Waals surface area contributed by atoms with Crippen LogP contribution in [0.3, 0.4) is 0 Å². The summed E-state index contributed by atoms with van der Waals surface area (Å²) >= 11 is 11.9. The van der Waals surface area contributed by atoms with Gasteiger partial charge in [0.05, 0.1) is 17.3 Å². The lowest BCUT2D eigenvalue weighted by Crippen LogP contribution is -2.35. The van der Waals surface area contributed by atoms with Crippen LogP contribution in [0.5, 0.6) is 0 Å². The average molecular weight is 302 g/mol. The van der Waals surface area contributed by atoms with E-state index in [9.17, 15) is 4.79 Å². The maximum Gasteiger partial charge on any atom is 0.238 e. The number of rotatable bonds is 3. The maximum atomic E-state index is 12.0. The molecule has 0 unspecified atom stereocenters. The highest BCUT2D eigenvalue weighted by Gasteiger charge is 2.13. The molecule has 1 saturated heterocycles. The Morgan fingerprint density at radius 3 is 3.00 bits per heavy atom. The molecule has 1 aliphatic rings. The SMILES string of the molecule is O=C(CN1CCCNCC1)Nc1cc(Cl)ccc1Cl. The highest BCUT2D eigenvalue weighted by Crippen LogP contribution is 2.25. The van der Waals surface area contributed by atoms with Crippen LogP contribution in [0.2, 0.25) is 10.0 Å². The Morgan fingerprint density at radius 2 is 2.16 bits per heavy atom. The first kappa shape index (κ1) is 14.6. The molecule has 0 radical (unpaired) electrons. The Morgan fingerprint density at radius 1 is 1.32 bits per heavy atom. The third-order valence-corrected chi connectivity index (χ3v) is 3.57. The second kappa shape index (κ2) is 7.10. The predicted octanol–water partition coefficient (Wildman–Crippen LogP) is 2.23. The predicted molar refractivity (Wildman–Crippen MR) is 79.0 cm³/mol. The molecule has 104 valence electrons. The minimum Gasteiger partial charge on any atom is -0.324 e. The van der Waals surface area contributed by atoms with Gasteiger partial charge in [-0.3, -0.25) is 9.69 Å². The van der Waals surface area contributed by atoms with Gasteiger partial charge in [0, 0.05) is 18.1 Å². The smallest absolute Gasteiger partial charge is 0.238 e. The fourth-order valence-corrected chi connectivity index (χ4v) is 2.38. The van der Waals surface area contributed by atoms with Crippen molar-refractivity contribution in [2.75, 3.05) is 38.0 Å². The summed E-state index contributed by atoms with van der Waals surface area (Å²) in [6.45, 7) is 4.13. The quantitative estimate of drug-likeness (QED) is 0.900. The molecule has 1 aromatic carbocycles. The molecule has 4 nitrogen and oxygen atoms in total. The minimum absolute atomic E-state index is 0.0638. The molecule has 1 aliphatic heterocycles. The second-order valence-electron chi connectivity index (χ2n) is 4.55. The molecule has 2 rings (SSSR count). The van der Waals surface area contributed by atoms with E-state index in [1.807, 2.05) is 0 Å². The first-order valence-corrected chi connectivity index (χ1v) is 7.09. The average Bonchev–Trinajstić information content (AvgIpc) is 2.62. The number of benzene rings is 1. The molecule has 19 heavy (non-hydrogen) atoms. The third kappa shape index (κ3) is 4.66. The number of carbonyl (C=O) groups is 1. The zero-order valence-electron chi connectivity index (χ0n) is 10.6. The van der Waals surface area contributed by atoms with Gasteiger partial charge in [-0.15, -0.1) is 0 Å². The zero-order valence-corrected chi connectivity index (χ0v) is 12.1. The molecule has 0 saturated carbocycles. The standard InChI is InChI=1S/C13H17Cl2N3O/c14-10-2-3-11(15)12(8-10)17-13(19)9-18-6-1-4-16-5-7-18/h2-3,8,16H,1,4-7,9H2,(H,17,19). The van der Waals surface area contributed by atoms with Crippen molar-refractivity contribution in [1.29, 1.82) is 0 Å². The van der Waals surface area contributed by atoms with Gasteiger partial charge in [-0.2, -0.15) is 0 Å². The Labute approximate surface area is 123 Å². The molecule has 1 heterocycles. The minimum atomic E-state index is -0.0638. The lowest BCUT2D eigenvalue weighted by molar-refractivity contribution is -0.117. The van der Waals surface area contributed by atoms with Crippen molar-refractivity contribution in [2.45, 2.75) is 6.42 Å². The van der Waals surface area contributed by atoms with Gasteiger partial charge in [0.15, 0.2) is 0 Å². The van der Waals surface area contributed by atoms with Crippen LogP contribution in [-0.2, 0) is 4.79 Å². The summed E-state index contributed by atoms with van der Waals surface area (Å²) in [5, 5.41) is 7.16. The topological polar surface area (TPSA) is 44.4 Å². The van der Waals surface area contributed by atoms with Gasteiger partial charge in [0.2, 0.25) is 5.91 Å². The molecule has 0 bridgehead atoms. The van der Waals surface area contributed by atoms with Crippen molar-refractivity contribution in [3.05, 3.63) is 28.2 Å². The van der Waals surface area contributed by atoms with E-state index in [-0.39, 0.29) is 5.91 Å². The van der Waals surface area contributed by atoms with E-state index < -0.39 is 0 Å². The van der Waals surface area contributed by atoms with Crippen LogP contribution in [-0.4, -0.2) is 43.5 Å². The number of anilines is 1. The van der Waals surface area contributed by atoms with Crippen molar-refractivity contribution in [2.24, 2.45) is 0 Å². The molecular formula is C13H17Cl2N3O. The Balaban J connectivity index is 1.91. The maximum absolute atomic E-state index is 12.0. The van der Waals surface area contributed by atoms with Crippen LogP contribution in [0.25, 0.3) is 0 Å². The molecule has 2 N–H and O–H groups in total. The van der Waals surface area contributed by atoms with Gasteiger partial charge in [0.25, 0.3) is 0 Å². The number of halogens is 2. The molecule has 0 aromatic heterocycles. The lowest BCUT2D eigenvalue weighted by atomic mass is 10.3. The van der Waals surface area contributed by atoms with Gasteiger partial charge in [-0.25, -0.2) is 0 Å². The first-order valence-electron chi connectivity index (χ1n) is 6.33. The number of amides is 1. The van der Waals surface area contributed by atoms with E-state index in [2.05, 4.69) is 15.5 Å². The fourth-order valence-electron chi connectivity index (χ4n) is 2.05. The van der Waals surface area contributed by atoms with Crippen LogP contribution in [0, 0.1) is 0 Å². The second-order valence-corrected chi connectivity index (χ2v) is 5.40. The van der Waals surface area contributed by atoms with Crippen molar-refractivity contribution in [3.63, 3.8) is 0 Å². The lowest BCUT2D eigenvalue weighted by Gasteiger charge is -2.18. The van der Waals surface area contributed by atoms with E-state index in [4.69, 9.17) is 23.2 Å². The van der Waals surface area contributed by atoms with Crippen LogP contribution >= 0.6 is 23.2 Å². The molecule has 1 fully saturated rings. The number of hydrogen-bond acceptors (Lipinski definition) is 3. The summed E-state index contributed by atoms with van der Waals surface area (Å²) in [6, 6.07) is 5.03. The van der Waals surface area contributed by atoms with Crippen LogP contribution in [0.4, 0.5) is 5.69 Å². The van der Waals surface area contributed by atoms with Crippen molar-refractivity contribution >= 4 is 34.8 Å². The van der Waals surface area contributed by atoms with Crippen LogP contribution < -0.4 is 10.6 Å². The third-order valence-electron chi connectivity index (χ3n) is 3.00. The summed E-state index contributed by atoms with van der Waals surface area (Å²) in [4.78, 5) is 14.1. The van der Waals surface area contributed by atoms with Crippen LogP contribution in [0.15, 0.2) is 18.2 Å². The van der Waals surface area contributed by atoms with Crippen molar-refractivity contribution in [3.8, 4) is 0 Å². The molecular weight excluding hydrogens is 285 g/mol. The Bertz CT molecular complexity index is 446. The summed E-state index contributed by atoms with van der Waals surface area (Å²) in [6.07, 6.45) is 1.06. The van der Waals surface area contributed by atoms with E-state index in [1.54, 1.807) is 18.2 Å². The fraction of sp³-hybridized carbons (Fsp3) is 0.462. The summed E-state index contributed by atoms with van der Waals surface area (Å²) in [7, 11) is 0. The highest BCUT2D eigenvalue weighted by molar-refractivity contribution is 6.35. The van der Waals surface area contributed by atoms with Gasteiger partial charge in [-0.1, -0.05) is 23.2 Å². The van der Waals surface area contributed by atoms with E-state index in [1.165, 1.54) is 0 Å². The van der Waals surface area contributed by atoms with E-state index in [0.29, 0.717) is 22.3 Å². The molecule has 0 atom stereocenters. The number of hydrogen-bond donors (Lipinski definition) is 2. The number of nitrogens with zero attached hydrogens (tertiary/aromatic N) is 1. The Hall–Kier alpha value is -0.810. The molecule has 0 aliphatic carbocycles. The number of nitrogens with one attached hydrogen (secondary N) is 2. The largest absolute Gasteiger partial charge is 0.324 e. The van der Waals surface area contributed by atoms with Crippen molar-refractivity contribution in [1.82, 2.24) is 10.2 Å². The first-order chi connectivity index (χ1) is 9.15. The molecule has 1 aromatic rings. The van der Waals surface area contributed by atoms with Crippen molar-refractivity contribution < 1.29 is 4.79 Å². The van der Waals surface area contributed by atoms with Crippen LogP contribution in [0.1, 0.15) is 6.42 Å².